The van der Waals surface area contributed by atoms with Crippen LogP contribution in [0.4, 0.5) is 0 Å². The lowest BCUT2D eigenvalue weighted by atomic mass is 9.92. The van der Waals surface area contributed by atoms with Gasteiger partial charge < -0.3 is 0 Å². The van der Waals surface area contributed by atoms with Gasteiger partial charge >= 0.3 is 0 Å². The molecule has 0 atom stereocenters. The molecule has 15 heavy (non-hydrogen) atoms. The topological polar surface area (TPSA) is 0 Å². The Labute approximate surface area is 97.3 Å². The molecule has 1 aromatic heterocycles. The van der Waals surface area contributed by atoms with Crippen LogP contribution in [0.2, 0.25) is 0 Å². The summed E-state index contributed by atoms with van der Waals surface area (Å²) in [6.45, 7) is 8.84. The van der Waals surface area contributed by atoms with E-state index < -0.39 is 0 Å². The molecule has 1 heterocycles. The molecule has 0 aliphatic carbocycles. The van der Waals surface area contributed by atoms with Crippen LogP contribution in [0.25, 0.3) is 12.2 Å². The fourth-order valence-corrected chi connectivity index (χ4v) is 2.14. The summed E-state index contributed by atoms with van der Waals surface area (Å²) < 4.78 is 0. The van der Waals surface area contributed by atoms with Gasteiger partial charge in [-0.2, -0.15) is 0 Å². The van der Waals surface area contributed by atoms with Gasteiger partial charge in [-0.05, 0) is 41.8 Å². The summed E-state index contributed by atoms with van der Waals surface area (Å²) in [4.78, 5) is 1.35. The number of allylic oxidation sites excluding steroid dienone is 2. The van der Waals surface area contributed by atoms with Crippen molar-refractivity contribution in [2.75, 3.05) is 0 Å². The standard InChI is InChI=1S/C14H20S/c1-5-7-13-12(9-11-15-13)8-6-10-14(2,3)4/h5-9,11H,10H2,1-4H3/b7-5-,8-6-. The molecule has 0 aliphatic rings. The van der Waals surface area contributed by atoms with Gasteiger partial charge in [0, 0.05) is 4.88 Å². The summed E-state index contributed by atoms with van der Waals surface area (Å²) in [5, 5.41) is 2.14. The first-order chi connectivity index (χ1) is 7.03. The fourth-order valence-electron chi connectivity index (χ4n) is 1.29. The first-order valence-corrected chi connectivity index (χ1v) is 6.27. The second-order valence-corrected chi connectivity index (χ2v) is 5.86. The molecule has 1 aromatic rings. The monoisotopic (exact) mass is 220 g/mol. The molecule has 0 radical (unpaired) electrons. The summed E-state index contributed by atoms with van der Waals surface area (Å²) in [5.74, 6) is 0. The van der Waals surface area contributed by atoms with Gasteiger partial charge in [0.25, 0.3) is 0 Å². The van der Waals surface area contributed by atoms with Crippen LogP contribution in [0, 0.1) is 5.41 Å². The third kappa shape index (κ3) is 4.48. The van der Waals surface area contributed by atoms with Crippen LogP contribution in [0.5, 0.6) is 0 Å². The average molecular weight is 220 g/mol. The molecule has 0 aliphatic heterocycles. The van der Waals surface area contributed by atoms with Crippen molar-refractivity contribution in [3.8, 4) is 0 Å². The SMILES string of the molecule is C/C=C\c1sccc1/C=C\CC(C)(C)C. The van der Waals surface area contributed by atoms with Crippen LogP contribution < -0.4 is 0 Å². The van der Waals surface area contributed by atoms with Gasteiger partial charge in [0.2, 0.25) is 0 Å². The van der Waals surface area contributed by atoms with Gasteiger partial charge in [-0.3, -0.25) is 0 Å². The lowest BCUT2D eigenvalue weighted by Gasteiger charge is -2.14. The maximum atomic E-state index is 2.27. The molecular formula is C14H20S. The van der Waals surface area contributed by atoms with Crippen molar-refractivity contribution in [3.63, 3.8) is 0 Å². The average Bonchev–Trinajstić information content (AvgIpc) is 2.51. The lowest BCUT2D eigenvalue weighted by Crippen LogP contribution is -2.01. The lowest BCUT2D eigenvalue weighted by molar-refractivity contribution is 0.421. The minimum absolute atomic E-state index is 0.382. The minimum Gasteiger partial charge on any atom is -0.144 e. The predicted octanol–water partition coefficient (Wildman–Crippen LogP) is 5.23. The molecule has 0 unspecified atom stereocenters. The largest absolute Gasteiger partial charge is 0.144 e. The third-order valence-electron chi connectivity index (χ3n) is 2.07. The maximum absolute atomic E-state index is 2.27. The second-order valence-electron chi connectivity index (χ2n) is 4.91. The molecule has 0 aromatic carbocycles. The van der Waals surface area contributed by atoms with Crippen molar-refractivity contribution < 1.29 is 0 Å². The minimum atomic E-state index is 0.382. The van der Waals surface area contributed by atoms with Crippen molar-refractivity contribution >= 4 is 23.5 Å². The van der Waals surface area contributed by atoms with Crippen molar-refractivity contribution in [2.45, 2.75) is 34.1 Å². The smallest absolute Gasteiger partial charge is 0.0339 e. The first kappa shape index (κ1) is 12.3. The summed E-state index contributed by atoms with van der Waals surface area (Å²) >= 11 is 1.79. The Morgan fingerprint density at radius 1 is 1.27 bits per heavy atom. The molecule has 0 fully saturated rings. The van der Waals surface area contributed by atoms with E-state index in [2.05, 4.69) is 63.4 Å². The molecule has 82 valence electrons. The third-order valence-corrected chi connectivity index (χ3v) is 2.97. The van der Waals surface area contributed by atoms with Gasteiger partial charge in [-0.25, -0.2) is 0 Å². The Morgan fingerprint density at radius 3 is 2.60 bits per heavy atom. The summed E-state index contributed by atoms with van der Waals surface area (Å²) in [7, 11) is 0. The van der Waals surface area contributed by atoms with Gasteiger partial charge in [-0.15, -0.1) is 11.3 Å². The van der Waals surface area contributed by atoms with E-state index in [1.54, 1.807) is 11.3 Å². The van der Waals surface area contributed by atoms with Crippen LogP contribution in [0.1, 0.15) is 44.6 Å². The van der Waals surface area contributed by atoms with Gasteiger partial charge in [0.15, 0.2) is 0 Å². The first-order valence-electron chi connectivity index (χ1n) is 5.40. The normalized spacial score (nSPS) is 13.1. The zero-order valence-electron chi connectivity index (χ0n) is 10.1. The number of hydrogen-bond acceptors (Lipinski definition) is 1. The van der Waals surface area contributed by atoms with E-state index in [0.717, 1.165) is 6.42 Å². The highest BCUT2D eigenvalue weighted by Gasteiger charge is 2.06. The van der Waals surface area contributed by atoms with E-state index in [1.165, 1.54) is 10.4 Å². The molecule has 0 saturated heterocycles. The van der Waals surface area contributed by atoms with Crippen molar-refractivity contribution in [2.24, 2.45) is 5.41 Å². The van der Waals surface area contributed by atoms with E-state index in [4.69, 9.17) is 0 Å². The van der Waals surface area contributed by atoms with Gasteiger partial charge in [-0.1, -0.05) is 39.0 Å². The van der Waals surface area contributed by atoms with E-state index in [0.29, 0.717) is 5.41 Å². The van der Waals surface area contributed by atoms with E-state index in [-0.39, 0.29) is 0 Å². The molecule has 0 nitrogen and oxygen atoms in total. The van der Waals surface area contributed by atoms with Crippen LogP contribution in [-0.2, 0) is 0 Å². The van der Waals surface area contributed by atoms with Crippen LogP contribution >= 0.6 is 11.3 Å². The van der Waals surface area contributed by atoms with Crippen LogP contribution in [0.15, 0.2) is 23.6 Å². The highest BCUT2D eigenvalue weighted by molar-refractivity contribution is 7.11. The number of thiophene rings is 1. The maximum Gasteiger partial charge on any atom is 0.0339 e. The quantitative estimate of drug-likeness (QED) is 0.654. The zero-order chi connectivity index (χ0) is 11.3. The molecule has 0 saturated carbocycles. The van der Waals surface area contributed by atoms with Crippen LogP contribution in [0.3, 0.4) is 0 Å². The van der Waals surface area contributed by atoms with Gasteiger partial charge in [0.05, 0.1) is 0 Å². The highest BCUT2D eigenvalue weighted by Crippen LogP contribution is 2.23. The summed E-state index contributed by atoms with van der Waals surface area (Å²) in [6.07, 6.45) is 9.89. The summed E-state index contributed by atoms with van der Waals surface area (Å²) in [6, 6.07) is 2.18. The van der Waals surface area contributed by atoms with Crippen molar-refractivity contribution in [3.05, 3.63) is 34.0 Å². The molecule has 0 amide bonds. The predicted molar refractivity (Wildman–Crippen MR) is 72.1 cm³/mol. The van der Waals surface area contributed by atoms with Crippen LogP contribution in [-0.4, -0.2) is 0 Å². The number of rotatable bonds is 3. The highest BCUT2D eigenvalue weighted by atomic mass is 32.1. The Morgan fingerprint density at radius 2 is 2.00 bits per heavy atom. The van der Waals surface area contributed by atoms with E-state index in [9.17, 15) is 0 Å². The van der Waals surface area contributed by atoms with Crippen molar-refractivity contribution in [1.29, 1.82) is 0 Å². The Hall–Kier alpha value is -0.820. The Balaban J connectivity index is 2.68. The Kier molecular flexibility index (Phi) is 4.34. The number of hydrogen-bond donors (Lipinski definition) is 0. The molecule has 1 heteroatoms. The molecule has 0 spiro atoms. The van der Waals surface area contributed by atoms with Gasteiger partial charge in [0.1, 0.15) is 0 Å². The fraction of sp³-hybridized carbons (Fsp3) is 0.429. The molecule has 0 bridgehead atoms. The van der Waals surface area contributed by atoms with Crippen molar-refractivity contribution in [1.82, 2.24) is 0 Å². The zero-order valence-corrected chi connectivity index (χ0v) is 10.9. The summed E-state index contributed by atoms with van der Waals surface area (Å²) in [5.41, 5.74) is 1.72. The molecular weight excluding hydrogens is 200 g/mol. The van der Waals surface area contributed by atoms with E-state index >= 15 is 0 Å². The second kappa shape index (κ2) is 5.32. The molecule has 0 N–H and O–H groups in total. The molecule has 1 rings (SSSR count). The van der Waals surface area contributed by atoms with E-state index in [1.807, 2.05) is 0 Å². The Bertz CT molecular complexity index is 348.